The SMILES string of the molecule is CC(C)CN(C(C)C)C(C)c1cccc(O)c1. The zero-order valence-electron chi connectivity index (χ0n) is 11.6. The van der Waals surface area contributed by atoms with Crippen LogP contribution in [0.4, 0.5) is 0 Å². The minimum absolute atomic E-state index is 0.337. The molecule has 0 saturated heterocycles. The topological polar surface area (TPSA) is 23.5 Å². The summed E-state index contributed by atoms with van der Waals surface area (Å²) in [4.78, 5) is 2.47. The standard InChI is InChI=1S/C15H25NO/c1-11(2)10-16(12(3)4)13(5)14-7-6-8-15(17)9-14/h6-9,11-13,17H,10H2,1-5H3. The Bertz CT molecular complexity index is 347. The van der Waals surface area contributed by atoms with E-state index in [1.165, 1.54) is 5.56 Å². The molecular weight excluding hydrogens is 210 g/mol. The molecule has 1 N–H and O–H groups in total. The summed E-state index contributed by atoms with van der Waals surface area (Å²) in [6, 6.07) is 8.42. The van der Waals surface area contributed by atoms with Gasteiger partial charge in [0.2, 0.25) is 0 Å². The van der Waals surface area contributed by atoms with E-state index in [9.17, 15) is 5.11 Å². The lowest BCUT2D eigenvalue weighted by Crippen LogP contribution is -2.36. The molecule has 2 heteroatoms. The quantitative estimate of drug-likeness (QED) is 0.838. The van der Waals surface area contributed by atoms with Crippen LogP contribution in [0.25, 0.3) is 0 Å². The Morgan fingerprint density at radius 1 is 1.12 bits per heavy atom. The summed E-state index contributed by atoms with van der Waals surface area (Å²) in [6.07, 6.45) is 0. The highest BCUT2D eigenvalue weighted by molar-refractivity contribution is 5.29. The molecule has 0 aliphatic rings. The van der Waals surface area contributed by atoms with Crippen LogP contribution in [-0.2, 0) is 0 Å². The molecule has 0 heterocycles. The van der Waals surface area contributed by atoms with Crippen LogP contribution in [0, 0.1) is 5.92 Å². The second-order valence-corrected chi connectivity index (χ2v) is 5.46. The van der Waals surface area contributed by atoms with Gasteiger partial charge in [0.25, 0.3) is 0 Å². The normalized spacial score (nSPS) is 13.6. The maximum Gasteiger partial charge on any atom is 0.115 e. The second-order valence-electron chi connectivity index (χ2n) is 5.46. The van der Waals surface area contributed by atoms with Gasteiger partial charge >= 0.3 is 0 Å². The van der Waals surface area contributed by atoms with Gasteiger partial charge in [-0.3, -0.25) is 4.90 Å². The van der Waals surface area contributed by atoms with Crippen molar-refractivity contribution in [2.45, 2.75) is 46.7 Å². The monoisotopic (exact) mass is 235 g/mol. The lowest BCUT2D eigenvalue weighted by molar-refractivity contribution is 0.145. The van der Waals surface area contributed by atoms with Crippen molar-refractivity contribution in [2.24, 2.45) is 5.92 Å². The first-order valence-electron chi connectivity index (χ1n) is 6.46. The van der Waals surface area contributed by atoms with E-state index in [1.807, 2.05) is 12.1 Å². The molecule has 1 atom stereocenters. The molecule has 96 valence electrons. The third-order valence-corrected chi connectivity index (χ3v) is 3.09. The Balaban J connectivity index is 2.87. The predicted octanol–water partition coefficient (Wildman–Crippen LogP) is 3.82. The van der Waals surface area contributed by atoms with Gasteiger partial charge in [0.15, 0.2) is 0 Å². The van der Waals surface area contributed by atoms with E-state index in [0.717, 1.165) is 6.54 Å². The van der Waals surface area contributed by atoms with Gasteiger partial charge in [0, 0.05) is 18.6 Å². The summed E-state index contributed by atoms with van der Waals surface area (Å²) in [5.41, 5.74) is 1.18. The van der Waals surface area contributed by atoms with Crippen molar-refractivity contribution < 1.29 is 5.11 Å². The maximum absolute atomic E-state index is 9.55. The molecule has 0 bridgehead atoms. The van der Waals surface area contributed by atoms with E-state index in [0.29, 0.717) is 23.8 Å². The number of phenols is 1. The summed E-state index contributed by atoms with van der Waals surface area (Å²) in [7, 11) is 0. The Morgan fingerprint density at radius 2 is 1.76 bits per heavy atom. The molecule has 0 aromatic heterocycles. The maximum atomic E-state index is 9.55. The predicted molar refractivity (Wildman–Crippen MR) is 73.2 cm³/mol. The van der Waals surface area contributed by atoms with E-state index < -0.39 is 0 Å². The molecule has 0 fully saturated rings. The summed E-state index contributed by atoms with van der Waals surface area (Å²) in [6.45, 7) is 12.2. The lowest BCUT2D eigenvalue weighted by atomic mass is 10.0. The highest BCUT2D eigenvalue weighted by Gasteiger charge is 2.19. The van der Waals surface area contributed by atoms with Crippen molar-refractivity contribution in [3.05, 3.63) is 29.8 Å². The average molecular weight is 235 g/mol. The van der Waals surface area contributed by atoms with Crippen LogP contribution in [0.15, 0.2) is 24.3 Å². The number of hydrogen-bond donors (Lipinski definition) is 1. The number of aromatic hydroxyl groups is 1. The van der Waals surface area contributed by atoms with E-state index in [2.05, 4.69) is 45.6 Å². The zero-order valence-corrected chi connectivity index (χ0v) is 11.6. The molecule has 0 saturated carbocycles. The van der Waals surface area contributed by atoms with Gasteiger partial charge in [-0.2, -0.15) is 0 Å². The van der Waals surface area contributed by atoms with Crippen molar-refractivity contribution in [3.63, 3.8) is 0 Å². The number of rotatable bonds is 5. The van der Waals surface area contributed by atoms with Crippen LogP contribution in [0.5, 0.6) is 5.75 Å². The van der Waals surface area contributed by atoms with E-state index >= 15 is 0 Å². The minimum Gasteiger partial charge on any atom is -0.508 e. The molecule has 1 rings (SSSR count). The lowest BCUT2D eigenvalue weighted by Gasteiger charge is -2.34. The first kappa shape index (κ1) is 14.0. The van der Waals surface area contributed by atoms with Gasteiger partial charge in [-0.05, 0) is 44.4 Å². The molecule has 0 aliphatic carbocycles. The summed E-state index contributed by atoms with van der Waals surface area (Å²) >= 11 is 0. The fraction of sp³-hybridized carbons (Fsp3) is 0.600. The molecule has 0 radical (unpaired) electrons. The number of nitrogens with zero attached hydrogens (tertiary/aromatic N) is 1. The van der Waals surface area contributed by atoms with E-state index in [1.54, 1.807) is 6.07 Å². The van der Waals surface area contributed by atoms with Gasteiger partial charge < -0.3 is 5.11 Å². The molecular formula is C15H25NO. The van der Waals surface area contributed by atoms with Gasteiger partial charge in [0.05, 0.1) is 0 Å². The Labute approximate surface area is 105 Å². The van der Waals surface area contributed by atoms with Gasteiger partial charge in [-0.1, -0.05) is 26.0 Å². The van der Waals surface area contributed by atoms with Gasteiger partial charge in [-0.25, -0.2) is 0 Å². The van der Waals surface area contributed by atoms with Crippen molar-refractivity contribution in [1.82, 2.24) is 4.90 Å². The van der Waals surface area contributed by atoms with Crippen molar-refractivity contribution >= 4 is 0 Å². The zero-order chi connectivity index (χ0) is 13.0. The Hall–Kier alpha value is -1.02. The van der Waals surface area contributed by atoms with Crippen molar-refractivity contribution in [3.8, 4) is 5.75 Å². The van der Waals surface area contributed by atoms with E-state index in [-0.39, 0.29) is 0 Å². The highest BCUT2D eigenvalue weighted by atomic mass is 16.3. The summed E-state index contributed by atoms with van der Waals surface area (Å²) in [5.74, 6) is 1.000. The van der Waals surface area contributed by atoms with Crippen LogP contribution >= 0.6 is 0 Å². The van der Waals surface area contributed by atoms with Crippen molar-refractivity contribution in [2.75, 3.05) is 6.54 Å². The average Bonchev–Trinajstić information content (AvgIpc) is 2.24. The van der Waals surface area contributed by atoms with Gasteiger partial charge in [0.1, 0.15) is 5.75 Å². The molecule has 0 spiro atoms. The first-order chi connectivity index (χ1) is 7.91. The molecule has 17 heavy (non-hydrogen) atoms. The molecule has 0 amide bonds. The van der Waals surface area contributed by atoms with E-state index in [4.69, 9.17) is 0 Å². The Morgan fingerprint density at radius 3 is 2.24 bits per heavy atom. The van der Waals surface area contributed by atoms with Crippen LogP contribution in [0.2, 0.25) is 0 Å². The minimum atomic E-state index is 0.337. The number of phenolic OH excluding ortho intramolecular Hbond substituents is 1. The van der Waals surface area contributed by atoms with Crippen LogP contribution in [0.1, 0.15) is 46.2 Å². The second kappa shape index (κ2) is 6.06. The van der Waals surface area contributed by atoms with Crippen molar-refractivity contribution in [1.29, 1.82) is 0 Å². The first-order valence-corrected chi connectivity index (χ1v) is 6.46. The molecule has 1 aromatic carbocycles. The molecule has 1 aromatic rings. The highest BCUT2D eigenvalue weighted by Crippen LogP contribution is 2.25. The van der Waals surface area contributed by atoms with Gasteiger partial charge in [-0.15, -0.1) is 0 Å². The molecule has 0 aliphatic heterocycles. The van der Waals surface area contributed by atoms with Crippen LogP contribution in [0.3, 0.4) is 0 Å². The summed E-state index contributed by atoms with van der Waals surface area (Å²) < 4.78 is 0. The van der Waals surface area contributed by atoms with Crippen LogP contribution < -0.4 is 0 Å². The summed E-state index contributed by atoms with van der Waals surface area (Å²) in [5, 5.41) is 9.55. The molecule has 2 nitrogen and oxygen atoms in total. The number of hydrogen-bond acceptors (Lipinski definition) is 2. The third-order valence-electron chi connectivity index (χ3n) is 3.09. The fourth-order valence-electron chi connectivity index (χ4n) is 2.21. The smallest absolute Gasteiger partial charge is 0.115 e. The Kier molecular flexibility index (Phi) is 5.01. The van der Waals surface area contributed by atoms with Crippen LogP contribution in [-0.4, -0.2) is 22.6 Å². The number of benzene rings is 1. The fourth-order valence-corrected chi connectivity index (χ4v) is 2.21. The molecule has 1 unspecified atom stereocenters. The third kappa shape index (κ3) is 4.04. The largest absolute Gasteiger partial charge is 0.508 e.